The number of hydrogen-bond donors (Lipinski definition) is 0. The Hall–Kier alpha value is -1.12. The third-order valence-electron chi connectivity index (χ3n) is 1.80. The largest absolute Gasteiger partial charge is 0.360 e. The maximum Gasteiger partial charge on any atom is 0.131 e. The van der Waals surface area contributed by atoms with E-state index in [9.17, 15) is 0 Å². The minimum atomic E-state index is 0.999. The van der Waals surface area contributed by atoms with Gasteiger partial charge in [-0.3, -0.25) is 0 Å². The average Bonchev–Trinajstić information content (AvgIpc) is 2.15. The smallest absolute Gasteiger partial charge is 0.131 e. The van der Waals surface area contributed by atoms with E-state index in [0.29, 0.717) is 0 Å². The first-order valence-electron chi connectivity index (χ1n) is 4.31. The zero-order valence-corrected chi connectivity index (χ0v) is 7.70. The van der Waals surface area contributed by atoms with E-state index >= 15 is 0 Å². The molecule has 1 aromatic heterocycles. The molecule has 1 aromatic rings. The third kappa shape index (κ3) is 2.49. The fourth-order valence-electron chi connectivity index (χ4n) is 1.02. The van der Waals surface area contributed by atoms with Crippen molar-refractivity contribution >= 4 is 5.82 Å². The van der Waals surface area contributed by atoms with Crippen LogP contribution in [0.3, 0.4) is 0 Å². The van der Waals surface area contributed by atoms with Crippen LogP contribution in [-0.4, -0.2) is 23.6 Å². The summed E-state index contributed by atoms with van der Waals surface area (Å²) in [6, 6.07) is 1.93. The van der Waals surface area contributed by atoms with Crippen LogP contribution in [0.15, 0.2) is 18.6 Å². The highest BCUT2D eigenvalue weighted by Gasteiger charge is 1.98. The molecule has 0 aliphatic carbocycles. The Bertz CT molecular complexity index is 210. The highest BCUT2D eigenvalue weighted by atomic mass is 15.2. The van der Waals surface area contributed by atoms with Gasteiger partial charge in [0.1, 0.15) is 12.1 Å². The molecule has 0 aliphatic heterocycles. The predicted molar refractivity (Wildman–Crippen MR) is 50.2 cm³/mol. The molecule has 0 unspecified atom stereocenters. The molecular formula is C9H15N3. The Kier molecular flexibility index (Phi) is 3.51. The van der Waals surface area contributed by atoms with E-state index in [2.05, 4.69) is 28.8 Å². The van der Waals surface area contributed by atoms with Crippen LogP contribution >= 0.6 is 0 Å². The molecule has 12 heavy (non-hydrogen) atoms. The molecule has 0 amide bonds. The van der Waals surface area contributed by atoms with Crippen molar-refractivity contribution in [3.63, 3.8) is 0 Å². The number of anilines is 1. The van der Waals surface area contributed by atoms with Crippen LogP contribution in [0, 0.1) is 0 Å². The minimum absolute atomic E-state index is 0.999. The zero-order valence-electron chi connectivity index (χ0n) is 7.70. The van der Waals surface area contributed by atoms with Gasteiger partial charge in [-0.1, -0.05) is 13.3 Å². The number of aromatic nitrogens is 2. The van der Waals surface area contributed by atoms with Crippen molar-refractivity contribution in [2.24, 2.45) is 0 Å². The van der Waals surface area contributed by atoms with E-state index in [1.54, 1.807) is 12.5 Å². The van der Waals surface area contributed by atoms with Crippen molar-refractivity contribution in [1.29, 1.82) is 0 Å². The van der Waals surface area contributed by atoms with Gasteiger partial charge >= 0.3 is 0 Å². The average molecular weight is 165 g/mol. The standard InChI is InChI=1S/C9H15N3/c1-3-4-7-12(2)9-5-6-10-8-11-9/h5-6,8H,3-4,7H2,1-2H3. The quantitative estimate of drug-likeness (QED) is 0.680. The number of nitrogens with zero attached hydrogens (tertiary/aromatic N) is 3. The van der Waals surface area contributed by atoms with Crippen LogP contribution in [0.5, 0.6) is 0 Å². The van der Waals surface area contributed by atoms with Gasteiger partial charge in [0.2, 0.25) is 0 Å². The van der Waals surface area contributed by atoms with E-state index < -0.39 is 0 Å². The van der Waals surface area contributed by atoms with E-state index in [1.807, 2.05) is 6.07 Å². The molecule has 0 atom stereocenters. The molecule has 3 nitrogen and oxygen atoms in total. The summed E-state index contributed by atoms with van der Waals surface area (Å²) in [7, 11) is 2.05. The van der Waals surface area contributed by atoms with E-state index in [-0.39, 0.29) is 0 Å². The molecule has 0 aliphatic rings. The Morgan fingerprint density at radius 2 is 2.33 bits per heavy atom. The molecule has 3 heteroatoms. The lowest BCUT2D eigenvalue weighted by molar-refractivity contribution is 0.758. The maximum atomic E-state index is 4.15. The van der Waals surface area contributed by atoms with Crippen LogP contribution in [0.4, 0.5) is 5.82 Å². The van der Waals surface area contributed by atoms with Gasteiger partial charge in [-0.05, 0) is 12.5 Å². The van der Waals surface area contributed by atoms with Gasteiger partial charge in [0, 0.05) is 19.8 Å². The lowest BCUT2D eigenvalue weighted by Crippen LogP contribution is -2.19. The first-order chi connectivity index (χ1) is 5.84. The van der Waals surface area contributed by atoms with Crippen molar-refractivity contribution < 1.29 is 0 Å². The topological polar surface area (TPSA) is 29.0 Å². The Morgan fingerprint density at radius 3 is 2.92 bits per heavy atom. The summed E-state index contributed by atoms with van der Waals surface area (Å²) < 4.78 is 0. The Labute approximate surface area is 73.5 Å². The predicted octanol–water partition coefficient (Wildman–Crippen LogP) is 1.71. The summed E-state index contributed by atoms with van der Waals surface area (Å²) >= 11 is 0. The summed E-state index contributed by atoms with van der Waals surface area (Å²) in [5, 5.41) is 0. The Morgan fingerprint density at radius 1 is 1.50 bits per heavy atom. The molecule has 66 valence electrons. The lowest BCUT2D eigenvalue weighted by atomic mass is 10.3. The van der Waals surface area contributed by atoms with Crippen molar-refractivity contribution in [3.05, 3.63) is 18.6 Å². The monoisotopic (exact) mass is 165 g/mol. The summed E-state index contributed by atoms with van der Waals surface area (Å²) in [6.07, 6.45) is 5.78. The number of hydrogen-bond acceptors (Lipinski definition) is 3. The van der Waals surface area contributed by atoms with Crippen molar-refractivity contribution in [1.82, 2.24) is 9.97 Å². The molecule has 1 heterocycles. The van der Waals surface area contributed by atoms with Crippen molar-refractivity contribution in [2.75, 3.05) is 18.5 Å². The van der Waals surface area contributed by atoms with Crippen LogP contribution in [0.25, 0.3) is 0 Å². The molecule has 0 bridgehead atoms. The second kappa shape index (κ2) is 4.70. The first-order valence-corrected chi connectivity index (χ1v) is 4.31. The van der Waals surface area contributed by atoms with Gasteiger partial charge < -0.3 is 4.90 Å². The van der Waals surface area contributed by atoms with E-state index in [4.69, 9.17) is 0 Å². The maximum absolute atomic E-state index is 4.15. The van der Waals surface area contributed by atoms with E-state index in [0.717, 1.165) is 12.4 Å². The van der Waals surface area contributed by atoms with Crippen molar-refractivity contribution in [2.45, 2.75) is 19.8 Å². The minimum Gasteiger partial charge on any atom is -0.360 e. The van der Waals surface area contributed by atoms with Crippen LogP contribution in [0.1, 0.15) is 19.8 Å². The molecule has 0 aromatic carbocycles. The molecule has 0 saturated heterocycles. The summed E-state index contributed by atoms with van der Waals surface area (Å²) in [5.74, 6) is 0.999. The normalized spacial score (nSPS) is 9.83. The van der Waals surface area contributed by atoms with Gasteiger partial charge in [-0.25, -0.2) is 9.97 Å². The number of unbranched alkanes of at least 4 members (excludes halogenated alkanes) is 1. The SMILES string of the molecule is CCCCN(C)c1ccncn1. The lowest BCUT2D eigenvalue weighted by Gasteiger charge is -2.16. The molecule has 0 saturated carbocycles. The van der Waals surface area contributed by atoms with E-state index in [1.165, 1.54) is 12.8 Å². The number of rotatable bonds is 4. The van der Waals surface area contributed by atoms with Gasteiger partial charge in [-0.2, -0.15) is 0 Å². The molecular weight excluding hydrogens is 150 g/mol. The molecule has 0 fully saturated rings. The van der Waals surface area contributed by atoms with Gasteiger partial charge in [0.05, 0.1) is 0 Å². The fraction of sp³-hybridized carbons (Fsp3) is 0.556. The molecule has 0 N–H and O–H groups in total. The molecule has 0 radical (unpaired) electrons. The molecule has 0 spiro atoms. The Balaban J connectivity index is 2.48. The molecule has 1 rings (SSSR count). The van der Waals surface area contributed by atoms with Gasteiger partial charge in [-0.15, -0.1) is 0 Å². The first kappa shape index (κ1) is 8.97. The second-order valence-electron chi connectivity index (χ2n) is 2.84. The third-order valence-corrected chi connectivity index (χ3v) is 1.80. The summed E-state index contributed by atoms with van der Waals surface area (Å²) in [5.41, 5.74) is 0. The van der Waals surface area contributed by atoms with Crippen LogP contribution in [-0.2, 0) is 0 Å². The van der Waals surface area contributed by atoms with Gasteiger partial charge in [0.15, 0.2) is 0 Å². The second-order valence-corrected chi connectivity index (χ2v) is 2.84. The van der Waals surface area contributed by atoms with Crippen LogP contribution in [0.2, 0.25) is 0 Å². The fourth-order valence-corrected chi connectivity index (χ4v) is 1.02. The van der Waals surface area contributed by atoms with Crippen molar-refractivity contribution in [3.8, 4) is 0 Å². The van der Waals surface area contributed by atoms with Crippen LogP contribution < -0.4 is 4.90 Å². The van der Waals surface area contributed by atoms with Gasteiger partial charge in [0.25, 0.3) is 0 Å². The zero-order chi connectivity index (χ0) is 8.81. The summed E-state index contributed by atoms with van der Waals surface area (Å²) in [4.78, 5) is 10.2. The highest BCUT2D eigenvalue weighted by molar-refractivity contribution is 5.34. The highest BCUT2D eigenvalue weighted by Crippen LogP contribution is 2.05. The summed E-state index contributed by atoms with van der Waals surface area (Å²) in [6.45, 7) is 3.25.